The largest absolute Gasteiger partial charge is 0.393 e. The Bertz CT molecular complexity index is 619. The average Bonchev–Trinajstić information content (AvgIpc) is 3.06. The molecule has 4 rings (SSSR count). The van der Waals surface area contributed by atoms with E-state index in [0.717, 1.165) is 50.7 Å². The third-order valence-electron chi connectivity index (χ3n) is 11.0. The number of aliphatic hydroxyl groups excluding tert-OH is 2. The second kappa shape index (κ2) is 8.50. The standard InChI is InChI=1S/C27H46O3/c1-17(16-28)6-5-7-18(2)21-8-9-22-25-23(11-13-27(21,22)4)26(3)12-10-20(29)14-19(26)15-24(25)30/h16-25,29-30H,5-15H2,1-4H3/t17-,18-,19+,20-,21-,22+,23+,24-,25+,26+,27-/m1/s1. The first-order chi connectivity index (χ1) is 14.2. The molecule has 0 spiro atoms. The maximum Gasteiger partial charge on any atom is 0.122 e. The van der Waals surface area contributed by atoms with Gasteiger partial charge in [0.2, 0.25) is 0 Å². The first kappa shape index (κ1) is 22.8. The van der Waals surface area contributed by atoms with E-state index in [1.807, 2.05) is 6.92 Å². The third-order valence-corrected chi connectivity index (χ3v) is 11.0. The minimum atomic E-state index is -0.175. The maximum absolute atomic E-state index is 11.3. The van der Waals surface area contributed by atoms with Crippen LogP contribution in [0.5, 0.6) is 0 Å². The summed E-state index contributed by atoms with van der Waals surface area (Å²) < 4.78 is 0. The summed E-state index contributed by atoms with van der Waals surface area (Å²) in [5, 5.41) is 21.6. The zero-order valence-corrected chi connectivity index (χ0v) is 19.9. The Balaban J connectivity index is 1.48. The highest BCUT2D eigenvalue weighted by molar-refractivity contribution is 5.52. The van der Waals surface area contributed by atoms with Gasteiger partial charge in [0, 0.05) is 5.92 Å². The second-order valence-corrected chi connectivity index (χ2v) is 12.5. The summed E-state index contributed by atoms with van der Waals surface area (Å²) in [6.45, 7) is 9.54. The van der Waals surface area contributed by atoms with Crippen molar-refractivity contribution in [2.75, 3.05) is 0 Å². The molecule has 4 aliphatic carbocycles. The molecule has 2 N–H and O–H groups in total. The predicted octanol–water partition coefficient (Wildman–Crippen LogP) is 5.62. The summed E-state index contributed by atoms with van der Waals surface area (Å²) in [6.07, 6.45) is 13.3. The van der Waals surface area contributed by atoms with Gasteiger partial charge in [-0.1, -0.05) is 40.5 Å². The molecule has 3 heteroatoms. The van der Waals surface area contributed by atoms with Crippen LogP contribution >= 0.6 is 0 Å². The molecule has 0 aromatic heterocycles. The molecule has 4 saturated carbocycles. The highest BCUT2D eigenvalue weighted by atomic mass is 16.3. The number of aldehydes is 1. The second-order valence-electron chi connectivity index (χ2n) is 12.5. The number of hydrogen-bond donors (Lipinski definition) is 2. The van der Waals surface area contributed by atoms with E-state index >= 15 is 0 Å². The summed E-state index contributed by atoms with van der Waals surface area (Å²) in [5.74, 6) is 3.94. The summed E-state index contributed by atoms with van der Waals surface area (Å²) in [7, 11) is 0. The predicted molar refractivity (Wildman–Crippen MR) is 121 cm³/mol. The number of aliphatic hydroxyl groups is 2. The lowest BCUT2D eigenvalue weighted by molar-refractivity contribution is -0.174. The van der Waals surface area contributed by atoms with Crippen molar-refractivity contribution in [3.8, 4) is 0 Å². The summed E-state index contributed by atoms with van der Waals surface area (Å²) in [4.78, 5) is 10.9. The third kappa shape index (κ3) is 3.70. The first-order valence-corrected chi connectivity index (χ1v) is 13.0. The van der Waals surface area contributed by atoms with Crippen LogP contribution in [-0.4, -0.2) is 28.7 Å². The number of rotatable bonds is 6. The molecule has 0 saturated heterocycles. The maximum atomic E-state index is 11.3. The Hall–Kier alpha value is -0.410. The SMILES string of the molecule is C[C@H](CCC[C@@H](C)C=O)[C@H]1CC[C@H]2[C@@H]3[C@H](O)C[C@@H]4C[C@H](O)CC[C@]4(C)[C@H]3CC[C@]12C. The molecule has 0 radical (unpaired) electrons. The lowest BCUT2D eigenvalue weighted by atomic mass is 9.43. The molecule has 0 aromatic carbocycles. The Kier molecular flexibility index (Phi) is 6.45. The lowest BCUT2D eigenvalue weighted by Gasteiger charge is -2.62. The van der Waals surface area contributed by atoms with Crippen LogP contribution in [0.3, 0.4) is 0 Å². The molecular formula is C27H46O3. The first-order valence-electron chi connectivity index (χ1n) is 13.0. The molecular weight excluding hydrogens is 372 g/mol. The van der Waals surface area contributed by atoms with Gasteiger partial charge in [-0.3, -0.25) is 0 Å². The van der Waals surface area contributed by atoms with Crippen molar-refractivity contribution in [3.63, 3.8) is 0 Å². The molecule has 0 aliphatic heterocycles. The Labute approximate surface area is 184 Å². The van der Waals surface area contributed by atoms with Crippen LogP contribution in [0.4, 0.5) is 0 Å². The quantitative estimate of drug-likeness (QED) is 0.551. The molecule has 11 atom stereocenters. The van der Waals surface area contributed by atoms with Crippen molar-refractivity contribution < 1.29 is 15.0 Å². The zero-order valence-electron chi connectivity index (χ0n) is 19.9. The molecule has 0 bridgehead atoms. The molecule has 172 valence electrons. The molecule has 30 heavy (non-hydrogen) atoms. The topological polar surface area (TPSA) is 57.5 Å². The van der Waals surface area contributed by atoms with E-state index in [-0.39, 0.29) is 18.1 Å². The summed E-state index contributed by atoms with van der Waals surface area (Å²) in [6, 6.07) is 0. The van der Waals surface area contributed by atoms with E-state index in [2.05, 4.69) is 20.8 Å². The molecule has 0 aromatic rings. The highest BCUT2D eigenvalue weighted by Crippen LogP contribution is 2.68. The van der Waals surface area contributed by atoms with Gasteiger partial charge in [0.15, 0.2) is 0 Å². The van der Waals surface area contributed by atoms with Crippen LogP contribution in [-0.2, 0) is 4.79 Å². The van der Waals surface area contributed by atoms with Gasteiger partial charge in [-0.25, -0.2) is 0 Å². The Morgan fingerprint density at radius 3 is 2.37 bits per heavy atom. The zero-order chi connectivity index (χ0) is 21.7. The number of hydrogen-bond acceptors (Lipinski definition) is 3. The van der Waals surface area contributed by atoms with Gasteiger partial charge in [-0.2, -0.15) is 0 Å². The minimum Gasteiger partial charge on any atom is -0.393 e. The molecule has 3 nitrogen and oxygen atoms in total. The number of fused-ring (bicyclic) bond motifs is 5. The van der Waals surface area contributed by atoms with Gasteiger partial charge in [-0.05, 0) is 104 Å². The summed E-state index contributed by atoms with van der Waals surface area (Å²) >= 11 is 0. The van der Waals surface area contributed by atoms with Gasteiger partial charge < -0.3 is 15.0 Å². The van der Waals surface area contributed by atoms with Crippen LogP contribution in [0.2, 0.25) is 0 Å². The highest BCUT2D eigenvalue weighted by Gasteiger charge is 2.62. The number of carbonyl (C=O) groups is 1. The van der Waals surface area contributed by atoms with Crippen LogP contribution in [0.1, 0.15) is 98.3 Å². The fourth-order valence-corrected chi connectivity index (χ4v) is 9.21. The van der Waals surface area contributed by atoms with Crippen molar-refractivity contribution in [3.05, 3.63) is 0 Å². The fourth-order valence-electron chi connectivity index (χ4n) is 9.21. The van der Waals surface area contributed by atoms with Crippen LogP contribution in [0.15, 0.2) is 0 Å². The van der Waals surface area contributed by atoms with Crippen molar-refractivity contribution in [1.29, 1.82) is 0 Å². The molecule has 0 amide bonds. The van der Waals surface area contributed by atoms with E-state index in [9.17, 15) is 15.0 Å². The smallest absolute Gasteiger partial charge is 0.122 e. The molecule has 4 aliphatic rings. The van der Waals surface area contributed by atoms with Crippen LogP contribution in [0.25, 0.3) is 0 Å². The molecule has 0 heterocycles. The lowest BCUT2D eigenvalue weighted by Crippen LogP contribution is -2.58. The van der Waals surface area contributed by atoms with E-state index in [1.54, 1.807) is 0 Å². The van der Waals surface area contributed by atoms with E-state index < -0.39 is 0 Å². The molecule has 0 unspecified atom stereocenters. The van der Waals surface area contributed by atoms with Crippen molar-refractivity contribution in [1.82, 2.24) is 0 Å². The van der Waals surface area contributed by atoms with Crippen LogP contribution < -0.4 is 0 Å². The van der Waals surface area contributed by atoms with Crippen LogP contribution in [0, 0.1) is 52.3 Å². The van der Waals surface area contributed by atoms with Gasteiger partial charge in [0.1, 0.15) is 6.29 Å². The molecule has 4 fully saturated rings. The monoisotopic (exact) mass is 418 g/mol. The Morgan fingerprint density at radius 1 is 0.933 bits per heavy atom. The Morgan fingerprint density at radius 2 is 1.63 bits per heavy atom. The summed E-state index contributed by atoms with van der Waals surface area (Å²) in [5.41, 5.74) is 0.689. The average molecular weight is 419 g/mol. The van der Waals surface area contributed by atoms with Gasteiger partial charge in [0.25, 0.3) is 0 Å². The van der Waals surface area contributed by atoms with E-state index in [1.165, 1.54) is 32.1 Å². The van der Waals surface area contributed by atoms with Gasteiger partial charge in [0.05, 0.1) is 12.2 Å². The normalized spacial score (nSPS) is 50.1. The van der Waals surface area contributed by atoms with Gasteiger partial charge >= 0.3 is 0 Å². The van der Waals surface area contributed by atoms with E-state index in [4.69, 9.17) is 0 Å². The number of carbonyl (C=O) groups excluding carboxylic acids is 1. The van der Waals surface area contributed by atoms with Crippen molar-refractivity contribution in [2.45, 2.75) is 111 Å². The minimum absolute atomic E-state index is 0.153. The van der Waals surface area contributed by atoms with E-state index in [0.29, 0.717) is 40.4 Å². The van der Waals surface area contributed by atoms with Crippen molar-refractivity contribution in [2.24, 2.45) is 52.3 Å². The fraction of sp³-hybridized carbons (Fsp3) is 0.963. The van der Waals surface area contributed by atoms with Crippen molar-refractivity contribution >= 4 is 6.29 Å². The van der Waals surface area contributed by atoms with Gasteiger partial charge in [-0.15, -0.1) is 0 Å².